The molecule has 0 saturated heterocycles. The number of likely N-dealkylation sites (N-methyl/N-ethyl adjacent to an activating group) is 2. The van der Waals surface area contributed by atoms with E-state index in [4.69, 9.17) is 11.2 Å². The van der Waals surface area contributed by atoms with Crippen molar-refractivity contribution in [1.29, 1.82) is 0 Å². The Morgan fingerprint density at radius 1 is 1.14 bits per heavy atom. The molecule has 1 aromatic carbocycles. The topological polar surface area (TPSA) is 120 Å². The summed E-state index contributed by atoms with van der Waals surface area (Å²) in [5.74, 6) is 1.48. The van der Waals surface area contributed by atoms with Gasteiger partial charge in [0.25, 0.3) is 0 Å². The molecule has 0 aliphatic heterocycles. The zero-order valence-corrected chi connectivity index (χ0v) is 26.8. The van der Waals surface area contributed by atoms with E-state index in [0.717, 1.165) is 24.8 Å². The van der Waals surface area contributed by atoms with E-state index in [1.54, 1.807) is 11.9 Å². The van der Waals surface area contributed by atoms with Crippen LogP contribution in [0, 0.1) is 30.1 Å². The molecule has 6 atom stereocenters. The van der Waals surface area contributed by atoms with Crippen molar-refractivity contribution in [2.75, 3.05) is 33.7 Å². The third-order valence-corrected chi connectivity index (χ3v) is 8.20. The van der Waals surface area contributed by atoms with E-state index in [9.17, 15) is 19.5 Å². The van der Waals surface area contributed by atoms with Crippen LogP contribution < -0.4 is 16.0 Å². The normalized spacial score (nSPS) is 19.5. The number of aliphatic hydroxyl groups is 1. The van der Waals surface area contributed by atoms with Gasteiger partial charge in [0, 0.05) is 39.5 Å². The number of hydrogen-bond acceptors (Lipinski definition) is 6. The van der Waals surface area contributed by atoms with Crippen LogP contribution in [-0.4, -0.2) is 85.8 Å². The molecule has 240 valence electrons. The molecule has 0 aromatic heterocycles. The van der Waals surface area contributed by atoms with E-state index >= 15 is 0 Å². The summed E-state index contributed by atoms with van der Waals surface area (Å²) in [6, 6.07) is 8.48. The van der Waals surface area contributed by atoms with Crippen LogP contribution in [0.4, 0.5) is 0 Å². The summed E-state index contributed by atoms with van der Waals surface area (Å²) in [6.07, 6.45) is 9.74. The van der Waals surface area contributed by atoms with Crippen molar-refractivity contribution in [2.24, 2.45) is 17.8 Å². The number of benzene rings is 1. The smallest absolute Gasteiger partial charge is 0.243 e. The lowest BCUT2D eigenvalue weighted by molar-refractivity contribution is -0.136. The van der Waals surface area contributed by atoms with Gasteiger partial charge in [-0.25, -0.2) is 0 Å². The molecule has 4 N–H and O–H groups in total. The van der Waals surface area contributed by atoms with Crippen molar-refractivity contribution in [1.82, 2.24) is 20.9 Å². The fourth-order valence-electron chi connectivity index (χ4n) is 5.48. The molecule has 0 bridgehead atoms. The largest absolute Gasteiger partial charge is 0.389 e. The summed E-state index contributed by atoms with van der Waals surface area (Å²) in [7, 11) is 3.52. The third-order valence-electron chi connectivity index (χ3n) is 8.20. The zero-order valence-electron chi connectivity index (χ0n) is 26.8. The summed E-state index contributed by atoms with van der Waals surface area (Å²) in [5, 5.41) is 19.7. The molecule has 0 radical (unpaired) electrons. The quantitative estimate of drug-likeness (QED) is 0.193. The number of nitrogens with one attached hydrogen (secondary N) is 3. The second-order valence-corrected chi connectivity index (χ2v) is 12.4. The summed E-state index contributed by atoms with van der Waals surface area (Å²) < 4.78 is 6.41. The van der Waals surface area contributed by atoms with Crippen molar-refractivity contribution >= 4 is 17.7 Å². The lowest BCUT2D eigenvalue weighted by Gasteiger charge is -2.35. The van der Waals surface area contributed by atoms with E-state index in [0.29, 0.717) is 37.8 Å². The van der Waals surface area contributed by atoms with E-state index < -0.39 is 36.0 Å². The predicted molar refractivity (Wildman–Crippen MR) is 170 cm³/mol. The average molecular weight is 599 g/mol. The molecule has 1 aliphatic carbocycles. The summed E-state index contributed by atoms with van der Waals surface area (Å²) in [5.41, 5.74) is 0.915. The molecule has 9 heteroatoms. The summed E-state index contributed by atoms with van der Waals surface area (Å²) in [6.45, 7) is 7.49. The number of nitrogens with zero attached hydrogens (tertiary/aromatic N) is 1. The first kappa shape index (κ1) is 36.3. The molecule has 1 fully saturated rings. The van der Waals surface area contributed by atoms with Crippen molar-refractivity contribution < 1.29 is 24.2 Å². The van der Waals surface area contributed by atoms with Crippen LogP contribution in [0.5, 0.6) is 0 Å². The Morgan fingerprint density at radius 2 is 1.84 bits per heavy atom. The van der Waals surface area contributed by atoms with Crippen LogP contribution in [0.1, 0.15) is 71.3 Å². The number of aliphatic hydroxyl groups excluding tert-OH is 1. The maximum atomic E-state index is 13.5. The van der Waals surface area contributed by atoms with E-state index in [1.807, 2.05) is 37.4 Å². The number of ether oxygens (including phenoxy) is 1. The molecule has 9 nitrogen and oxygen atoms in total. The predicted octanol–water partition coefficient (Wildman–Crippen LogP) is 2.91. The van der Waals surface area contributed by atoms with Crippen LogP contribution in [0.2, 0.25) is 0 Å². The van der Waals surface area contributed by atoms with E-state index in [2.05, 4.69) is 42.6 Å². The van der Waals surface area contributed by atoms with E-state index in [-0.39, 0.29) is 31.4 Å². The van der Waals surface area contributed by atoms with Gasteiger partial charge in [0.05, 0.1) is 24.2 Å². The standard InChI is InChI=1S/C34H54N4O5/c1-7-13-28(34(42)36-23-29(39)31(20-24(2)3)43-30-17-12-11-14-25(30)4)37-33(41)27(21-26-15-9-8-10-16-26)22-32(40)38(6)19-18-35-5/h1,8-10,15-16,24-25,27-31,35,39H,11-14,17-23H2,2-6H3,(H,36,42)(H,37,41)/t25?,27?,28-,29+,30?,31?/m0/s1. The van der Waals surface area contributed by atoms with Gasteiger partial charge >= 0.3 is 0 Å². The Labute approximate surface area is 258 Å². The van der Waals surface area contributed by atoms with Crippen molar-refractivity contribution in [3.05, 3.63) is 35.9 Å². The Kier molecular flexibility index (Phi) is 16.3. The zero-order chi connectivity index (χ0) is 31.8. The molecule has 2 rings (SSSR count). The first-order chi connectivity index (χ1) is 20.5. The molecule has 0 heterocycles. The molecular formula is C34H54N4O5. The molecule has 1 aromatic rings. The third kappa shape index (κ3) is 13.1. The molecule has 4 unspecified atom stereocenters. The van der Waals surface area contributed by atoms with Gasteiger partial charge in [0.2, 0.25) is 17.7 Å². The fraction of sp³-hybridized carbons (Fsp3) is 0.676. The number of terminal acetylenes is 1. The van der Waals surface area contributed by atoms with Crippen LogP contribution in [-0.2, 0) is 25.5 Å². The fourth-order valence-corrected chi connectivity index (χ4v) is 5.48. The number of amides is 3. The second kappa shape index (κ2) is 19.4. The Balaban J connectivity index is 2.07. The molecule has 1 saturated carbocycles. The molecule has 43 heavy (non-hydrogen) atoms. The lowest BCUT2D eigenvalue weighted by atomic mass is 9.87. The summed E-state index contributed by atoms with van der Waals surface area (Å²) in [4.78, 5) is 41.3. The maximum absolute atomic E-state index is 13.5. The monoisotopic (exact) mass is 598 g/mol. The van der Waals surface area contributed by atoms with Crippen molar-refractivity contribution in [3.63, 3.8) is 0 Å². The van der Waals surface area contributed by atoms with Gasteiger partial charge in [-0.05, 0) is 50.1 Å². The van der Waals surface area contributed by atoms with Gasteiger partial charge in [0.1, 0.15) is 6.04 Å². The highest BCUT2D eigenvalue weighted by Crippen LogP contribution is 2.29. The first-order valence-electron chi connectivity index (χ1n) is 15.8. The molecule has 3 amide bonds. The second-order valence-electron chi connectivity index (χ2n) is 12.4. The van der Waals surface area contributed by atoms with Gasteiger partial charge in [-0.2, -0.15) is 0 Å². The lowest BCUT2D eigenvalue weighted by Crippen LogP contribution is -2.51. The van der Waals surface area contributed by atoms with E-state index in [1.165, 1.54) is 6.42 Å². The van der Waals surface area contributed by atoms with Gasteiger partial charge in [0.15, 0.2) is 0 Å². The first-order valence-corrected chi connectivity index (χ1v) is 15.8. The van der Waals surface area contributed by atoms with Crippen LogP contribution in [0.15, 0.2) is 30.3 Å². The Morgan fingerprint density at radius 3 is 2.47 bits per heavy atom. The van der Waals surface area contributed by atoms with Gasteiger partial charge in [-0.1, -0.05) is 63.9 Å². The SMILES string of the molecule is C#CC[C@H](NC(=O)C(CC(=O)N(C)CCNC)Cc1ccccc1)C(=O)NC[C@@H](O)C(CC(C)C)OC1CCCCC1C. The molecule has 1 aliphatic rings. The van der Waals surface area contributed by atoms with Crippen LogP contribution in [0.3, 0.4) is 0 Å². The summed E-state index contributed by atoms with van der Waals surface area (Å²) >= 11 is 0. The number of hydrogen-bond donors (Lipinski definition) is 4. The minimum Gasteiger partial charge on any atom is -0.389 e. The van der Waals surface area contributed by atoms with Crippen LogP contribution >= 0.6 is 0 Å². The van der Waals surface area contributed by atoms with Gasteiger partial charge in [-0.15, -0.1) is 12.3 Å². The van der Waals surface area contributed by atoms with Gasteiger partial charge in [-0.3, -0.25) is 14.4 Å². The molecule has 0 spiro atoms. The van der Waals surface area contributed by atoms with Gasteiger partial charge < -0.3 is 30.7 Å². The highest BCUT2D eigenvalue weighted by Gasteiger charge is 2.31. The number of rotatable bonds is 18. The maximum Gasteiger partial charge on any atom is 0.243 e. The van der Waals surface area contributed by atoms with Crippen molar-refractivity contribution in [3.8, 4) is 12.3 Å². The highest BCUT2D eigenvalue weighted by atomic mass is 16.5. The number of carbonyl (C=O) groups excluding carboxylic acids is 3. The average Bonchev–Trinajstić information content (AvgIpc) is 2.98. The Hall–Kier alpha value is -2.93. The van der Waals surface area contributed by atoms with Crippen LogP contribution in [0.25, 0.3) is 0 Å². The van der Waals surface area contributed by atoms with Crippen molar-refractivity contribution in [2.45, 2.75) is 96.5 Å². The number of carbonyl (C=O) groups is 3. The highest BCUT2D eigenvalue weighted by molar-refractivity contribution is 5.91. The Bertz CT molecular complexity index is 1030. The minimum atomic E-state index is -0.997. The minimum absolute atomic E-state index is 0.00212. The molecular weight excluding hydrogens is 544 g/mol.